The van der Waals surface area contributed by atoms with Crippen LogP contribution in [0.15, 0.2) is 194 Å². The van der Waals surface area contributed by atoms with Crippen LogP contribution in [0.5, 0.6) is 0 Å². The lowest BCUT2D eigenvalue weighted by Gasteiger charge is -2.21. The highest BCUT2D eigenvalue weighted by Crippen LogP contribution is 2.53. The molecule has 12 aromatic rings. The molecule has 0 amide bonds. The Morgan fingerprint density at radius 3 is 1.56 bits per heavy atom. The van der Waals surface area contributed by atoms with Gasteiger partial charge in [0.25, 0.3) is 0 Å². The van der Waals surface area contributed by atoms with Gasteiger partial charge in [0.1, 0.15) is 0 Å². The summed E-state index contributed by atoms with van der Waals surface area (Å²) >= 11 is 0. The minimum Gasteiger partial charge on any atom is -0.277 e. The van der Waals surface area contributed by atoms with Gasteiger partial charge in [-0.1, -0.05) is 190 Å². The highest BCUT2D eigenvalue weighted by Gasteiger charge is 2.36. The highest BCUT2D eigenvalue weighted by molar-refractivity contribution is 6.21. The average molecular weight is 791 g/mol. The topological polar surface area (TPSA) is 43.6 Å². The van der Waals surface area contributed by atoms with Crippen molar-refractivity contribution in [2.75, 3.05) is 0 Å². The molecule has 1 aliphatic carbocycles. The predicted octanol–water partition coefficient (Wildman–Crippen LogP) is 14.9. The molecule has 290 valence electrons. The smallest absolute Gasteiger partial charge is 0.238 e. The van der Waals surface area contributed by atoms with Crippen LogP contribution in [-0.2, 0) is 5.41 Å². The van der Waals surface area contributed by atoms with E-state index in [1.54, 1.807) is 0 Å². The Bertz CT molecular complexity index is 3760. The fourth-order valence-corrected chi connectivity index (χ4v) is 10.3. The van der Waals surface area contributed by atoms with Gasteiger partial charge in [0, 0.05) is 38.3 Å². The second kappa shape index (κ2) is 13.0. The molecule has 1 aliphatic rings. The molecule has 2 aromatic heterocycles. The van der Waals surface area contributed by atoms with Gasteiger partial charge in [0.05, 0.1) is 11.0 Å². The molecule has 0 bridgehead atoms. The molecule has 0 N–H and O–H groups in total. The summed E-state index contributed by atoms with van der Waals surface area (Å²) in [5, 5.41) is 11.8. The maximum atomic E-state index is 5.46. The highest BCUT2D eigenvalue weighted by atomic mass is 15.2. The van der Waals surface area contributed by atoms with Gasteiger partial charge in [-0.3, -0.25) is 4.57 Å². The van der Waals surface area contributed by atoms with Gasteiger partial charge in [-0.15, -0.1) is 0 Å². The maximum absolute atomic E-state index is 5.46. The SMILES string of the molecule is CC1(C)c2ccc(-c3cccc4c5ccc6ccccc6c5n(-c5nc(-c6ccc7ccccc7c6)nc(-c6ccc7ccccc7c6)n5)c34)cc2-c2c1ccc1ccccc21. The van der Waals surface area contributed by atoms with Crippen LogP contribution in [0.3, 0.4) is 0 Å². The molecule has 2 heterocycles. The Balaban J connectivity index is 1.13. The molecule has 4 heteroatoms. The number of aromatic nitrogens is 4. The third kappa shape index (κ3) is 5.10. The van der Waals surface area contributed by atoms with Crippen molar-refractivity contribution >= 4 is 64.9 Å². The van der Waals surface area contributed by atoms with Crippen LogP contribution >= 0.6 is 0 Å². The van der Waals surface area contributed by atoms with E-state index >= 15 is 0 Å². The molecule has 0 saturated heterocycles. The van der Waals surface area contributed by atoms with Gasteiger partial charge in [-0.2, -0.15) is 9.97 Å². The summed E-state index contributed by atoms with van der Waals surface area (Å²) in [4.78, 5) is 16.2. The fourth-order valence-electron chi connectivity index (χ4n) is 10.3. The maximum Gasteiger partial charge on any atom is 0.238 e. The lowest BCUT2D eigenvalue weighted by Crippen LogP contribution is -2.14. The predicted molar refractivity (Wildman–Crippen MR) is 258 cm³/mol. The van der Waals surface area contributed by atoms with Crippen LogP contribution in [0.1, 0.15) is 25.0 Å². The molecule has 4 nitrogen and oxygen atoms in total. The second-order valence-electron chi connectivity index (χ2n) is 17.2. The zero-order chi connectivity index (χ0) is 41.1. The summed E-state index contributed by atoms with van der Waals surface area (Å²) < 4.78 is 2.32. The molecule has 0 aliphatic heterocycles. The monoisotopic (exact) mass is 790 g/mol. The summed E-state index contributed by atoms with van der Waals surface area (Å²) in [6, 6.07) is 70.3. The molecule has 62 heavy (non-hydrogen) atoms. The van der Waals surface area contributed by atoms with E-state index in [4.69, 9.17) is 15.0 Å². The lowest BCUT2D eigenvalue weighted by atomic mass is 9.82. The number of rotatable bonds is 4. The first kappa shape index (κ1) is 34.9. The van der Waals surface area contributed by atoms with Crippen LogP contribution in [0, 0.1) is 0 Å². The Morgan fingerprint density at radius 2 is 0.871 bits per heavy atom. The van der Waals surface area contributed by atoms with Crippen molar-refractivity contribution in [1.29, 1.82) is 0 Å². The first-order chi connectivity index (χ1) is 30.5. The van der Waals surface area contributed by atoms with Crippen molar-refractivity contribution in [3.8, 4) is 51.0 Å². The van der Waals surface area contributed by atoms with E-state index in [0.717, 1.165) is 65.6 Å². The number of hydrogen-bond acceptors (Lipinski definition) is 3. The zero-order valence-corrected chi connectivity index (χ0v) is 34.3. The minimum atomic E-state index is -0.129. The van der Waals surface area contributed by atoms with Crippen LogP contribution < -0.4 is 0 Å². The van der Waals surface area contributed by atoms with Gasteiger partial charge in [0.2, 0.25) is 5.95 Å². The van der Waals surface area contributed by atoms with Crippen molar-refractivity contribution in [2.45, 2.75) is 19.3 Å². The van der Waals surface area contributed by atoms with Crippen molar-refractivity contribution < 1.29 is 0 Å². The summed E-state index contributed by atoms with van der Waals surface area (Å²) in [6.07, 6.45) is 0. The molecule has 0 fully saturated rings. The van der Waals surface area contributed by atoms with Crippen LogP contribution in [0.2, 0.25) is 0 Å². The van der Waals surface area contributed by atoms with Gasteiger partial charge >= 0.3 is 0 Å². The number of para-hydroxylation sites is 1. The number of benzene rings is 10. The Labute approximate surface area is 358 Å². The summed E-state index contributed by atoms with van der Waals surface area (Å²) in [6.45, 7) is 4.72. The van der Waals surface area contributed by atoms with E-state index in [0.29, 0.717) is 17.6 Å². The Kier molecular flexibility index (Phi) is 7.32. The zero-order valence-electron chi connectivity index (χ0n) is 34.3. The van der Waals surface area contributed by atoms with Gasteiger partial charge in [0.15, 0.2) is 11.6 Å². The van der Waals surface area contributed by atoms with Crippen LogP contribution in [0.4, 0.5) is 0 Å². The van der Waals surface area contributed by atoms with E-state index in [1.165, 1.54) is 43.8 Å². The number of fused-ring (bicyclic) bond motifs is 12. The lowest BCUT2D eigenvalue weighted by molar-refractivity contribution is 0.661. The van der Waals surface area contributed by atoms with Crippen molar-refractivity contribution in [1.82, 2.24) is 19.5 Å². The summed E-state index contributed by atoms with van der Waals surface area (Å²) in [7, 11) is 0. The summed E-state index contributed by atoms with van der Waals surface area (Å²) in [5.41, 5.74) is 11.5. The quantitative estimate of drug-likeness (QED) is 0.178. The molecule has 0 spiro atoms. The molecule has 13 rings (SSSR count). The van der Waals surface area contributed by atoms with Gasteiger partial charge in [-0.05, 0) is 83.7 Å². The van der Waals surface area contributed by atoms with E-state index in [9.17, 15) is 0 Å². The molecule has 10 aromatic carbocycles. The number of hydrogen-bond donors (Lipinski definition) is 0. The van der Waals surface area contributed by atoms with E-state index in [2.05, 4.69) is 213 Å². The second-order valence-corrected chi connectivity index (χ2v) is 17.2. The van der Waals surface area contributed by atoms with E-state index in [-0.39, 0.29) is 5.41 Å². The van der Waals surface area contributed by atoms with Crippen molar-refractivity contribution in [2.24, 2.45) is 0 Å². The number of nitrogens with zero attached hydrogens (tertiary/aromatic N) is 4. The molecule has 0 unspecified atom stereocenters. The fraction of sp³-hybridized carbons (Fsp3) is 0.0517. The third-order valence-corrected chi connectivity index (χ3v) is 13.4. The van der Waals surface area contributed by atoms with Gasteiger partial charge in [-0.25, -0.2) is 4.98 Å². The van der Waals surface area contributed by atoms with Crippen LogP contribution in [0.25, 0.3) is 116 Å². The molecule has 0 radical (unpaired) electrons. The molecule has 0 saturated carbocycles. The standard InChI is InChI=1S/C58H38N4/c1-58(2)50-30-28-41(34-49(50)52-44-18-9-7-14-37(44)27-31-51(52)58)46-20-11-21-47-48-29-26-38-15-8-10-19-45(38)53(48)62(54(46)47)57-60-55(42-24-22-35-12-3-5-16-39(35)32-42)59-56(61-57)43-25-23-36-13-4-6-17-40(36)33-43/h3-34H,1-2H3. The molecular weight excluding hydrogens is 753 g/mol. The van der Waals surface area contributed by atoms with Crippen LogP contribution in [-0.4, -0.2) is 19.5 Å². The molecular formula is C58H38N4. The normalized spacial score (nSPS) is 13.1. The first-order valence-electron chi connectivity index (χ1n) is 21.4. The van der Waals surface area contributed by atoms with E-state index in [1.807, 2.05) is 0 Å². The first-order valence-corrected chi connectivity index (χ1v) is 21.4. The van der Waals surface area contributed by atoms with Crippen molar-refractivity contribution in [3.63, 3.8) is 0 Å². The largest absolute Gasteiger partial charge is 0.277 e. The summed E-state index contributed by atoms with van der Waals surface area (Å²) in [5.74, 6) is 1.83. The van der Waals surface area contributed by atoms with E-state index < -0.39 is 0 Å². The molecule has 0 atom stereocenters. The third-order valence-electron chi connectivity index (χ3n) is 13.4. The van der Waals surface area contributed by atoms with Gasteiger partial charge < -0.3 is 0 Å². The van der Waals surface area contributed by atoms with Crippen molar-refractivity contribution in [3.05, 3.63) is 205 Å². The Hall–Kier alpha value is -7.95. The average Bonchev–Trinajstić information content (AvgIpc) is 3.79. The Morgan fingerprint density at radius 1 is 0.355 bits per heavy atom. The minimum absolute atomic E-state index is 0.129.